The van der Waals surface area contributed by atoms with Gasteiger partial charge in [-0.25, -0.2) is 0 Å². The molecule has 0 bridgehead atoms. The Morgan fingerprint density at radius 2 is 2.14 bits per heavy atom. The van der Waals surface area contributed by atoms with E-state index in [1.807, 2.05) is 0 Å². The number of hydrogen-bond donors (Lipinski definition) is 1. The topological polar surface area (TPSA) is 35.6 Å². The van der Waals surface area contributed by atoms with Gasteiger partial charge >= 0.3 is 0 Å². The highest BCUT2D eigenvalue weighted by Gasteiger charge is 2.39. The molecule has 0 aromatic rings. The van der Waals surface area contributed by atoms with Gasteiger partial charge in [0.15, 0.2) is 0 Å². The third kappa shape index (κ3) is 1.42. The number of hydrogen-bond acceptors (Lipinski definition) is 3. The molecule has 0 spiro atoms. The van der Waals surface area contributed by atoms with E-state index in [-0.39, 0.29) is 0 Å². The van der Waals surface area contributed by atoms with Crippen LogP contribution in [0.4, 0.5) is 0 Å². The van der Waals surface area contributed by atoms with Crippen molar-refractivity contribution < 1.29 is 4.79 Å². The van der Waals surface area contributed by atoms with E-state index < -0.39 is 0 Å². The lowest BCUT2D eigenvalue weighted by molar-refractivity contribution is -0.141. The predicted molar refractivity (Wildman–Crippen MR) is 53.0 cm³/mol. The van der Waals surface area contributed by atoms with Crippen LogP contribution < -0.4 is 5.32 Å². The van der Waals surface area contributed by atoms with Gasteiger partial charge < -0.3 is 10.2 Å². The van der Waals surface area contributed by atoms with Crippen molar-refractivity contribution in [3.63, 3.8) is 0 Å². The Bertz CT molecular complexity index is 252. The van der Waals surface area contributed by atoms with E-state index in [2.05, 4.69) is 15.1 Å². The van der Waals surface area contributed by atoms with Crippen LogP contribution in [0.5, 0.6) is 0 Å². The molecule has 4 nitrogen and oxygen atoms in total. The Hall–Kier alpha value is -0.610. The zero-order valence-corrected chi connectivity index (χ0v) is 8.41. The van der Waals surface area contributed by atoms with E-state index >= 15 is 0 Å². The van der Waals surface area contributed by atoms with Crippen LogP contribution in [-0.4, -0.2) is 60.5 Å². The van der Waals surface area contributed by atoms with Gasteiger partial charge in [0.2, 0.25) is 5.91 Å². The Kier molecular flexibility index (Phi) is 1.99. The Morgan fingerprint density at radius 1 is 1.29 bits per heavy atom. The lowest BCUT2D eigenvalue weighted by atomic mass is 10.1. The van der Waals surface area contributed by atoms with Gasteiger partial charge in [-0.05, 0) is 12.8 Å². The molecule has 1 saturated carbocycles. The Labute approximate surface area is 84.2 Å². The molecule has 1 amide bonds. The van der Waals surface area contributed by atoms with E-state index in [0.29, 0.717) is 18.5 Å². The first-order valence-electron chi connectivity index (χ1n) is 5.59. The number of carbonyl (C=O) groups is 1. The summed E-state index contributed by atoms with van der Waals surface area (Å²) in [7, 11) is 0. The number of fused-ring (bicyclic) bond motifs is 1. The summed E-state index contributed by atoms with van der Waals surface area (Å²) in [6.45, 7) is 4.60. The number of nitrogens with one attached hydrogen (secondary N) is 1. The molecule has 1 atom stereocenters. The Morgan fingerprint density at radius 3 is 2.93 bits per heavy atom. The fourth-order valence-electron chi connectivity index (χ4n) is 2.57. The highest BCUT2D eigenvalue weighted by molar-refractivity contribution is 5.79. The molecule has 0 aromatic carbocycles. The summed E-state index contributed by atoms with van der Waals surface area (Å²) in [5.74, 6) is 0.342. The molecule has 3 rings (SSSR count). The third-order valence-corrected chi connectivity index (χ3v) is 3.52. The van der Waals surface area contributed by atoms with Crippen molar-refractivity contribution in [3.05, 3.63) is 0 Å². The number of carbonyl (C=O) groups excluding carboxylic acids is 1. The first-order chi connectivity index (χ1) is 6.84. The lowest BCUT2D eigenvalue weighted by Gasteiger charge is -2.44. The maximum atomic E-state index is 11.8. The number of piperazine rings is 2. The minimum atomic E-state index is 0.342. The van der Waals surface area contributed by atoms with E-state index in [9.17, 15) is 4.79 Å². The first-order valence-corrected chi connectivity index (χ1v) is 5.59. The average Bonchev–Trinajstić information content (AvgIpc) is 3.01. The van der Waals surface area contributed by atoms with Crippen LogP contribution in [0.3, 0.4) is 0 Å². The minimum absolute atomic E-state index is 0.342. The lowest BCUT2D eigenvalue weighted by Crippen LogP contribution is -2.63. The maximum absolute atomic E-state index is 11.8. The van der Waals surface area contributed by atoms with Crippen molar-refractivity contribution in [2.24, 2.45) is 0 Å². The van der Waals surface area contributed by atoms with Gasteiger partial charge in [-0.15, -0.1) is 0 Å². The van der Waals surface area contributed by atoms with Crippen molar-refractivity contribution in [1.29, 1.82) is 0 Å². The third-order valence-electron chi connectivity index (χ3n) is 3.52. The molecule has 2 heterocycles. The van der Waals surface area contributed by atoms with E-state index in [1.165, 1.54) is 12.8 Å². The van der Waals surface area contributed by atoms with Crippen LogP contribution in [0.25, 0.3) is 0 Å². The molecular weight excluding hydrogens is 178 g/mol. The molecule has 2 aliphatic heterocycles. The van der Waals surface area contributed by atoms with Crippen molar-refractivity contribution in [2.45, 2.75) is 24.9 Å². The van der Waals surface area contributed by atoms with Gasteiger partial charge in [0.25, 0.3) is 0 Å². The van der Waals surface area contributed by atoms with Crippen LogP contribution in [0, 0.1) is 0 Å². The first kappa shape index (κ1) is 8.68. The van der Waals surface area contributed by atoms with Crippen LogP contribution in [0.2, 0.25) is 0 Å². The molecule has 14 heavy (non-hydrogen) atoms. The predicted octanol–water partition coefficient (Wildman–Crippen LogP) is -0.735. The zero-order valence-electron chi connectivity index (χ0n) is 8.41. The summed E-state index contributed by atoms with van der Waals surface area (Å²) in [4.78, 5) is 16.3. The SMILES string of the molecule is O=C1CN(C2CC2)CC2CNCCN12. The fourth-order valence-corrected chi connectivity index (χ4v) is 2.57. The van der Waals surface area contributed by atoms with Gasteiger partial charge in [-0.3, -0.25) is 9.69 Å². The highest BCUT2D eigenvalue weighted by atomic mass is 16.2. The second-order valence-electron chi connectivity index (χ2n) is 4.61. The summed E-state index contributed by atoms with van der Waals surface area (Å²) >= 11 is 0. The van der Waals surface area contributed by atoms with Crippen LogP contribution in [-0.2, 0) is 4.79 Å². The van der Waals surface area contributed by atoms with E-state index in [4.69, 9.17) is 0 Å². The second-order valence-corrected chi connectivity index (χ2v) is 4.61. The quantitative estimate of drug-likeness (QED) is 0.599. The smallest absolute Gasteiger partial charge is 0.237 e. The zero-order chi connectivity index (χ0) is 9.54. The molecule has 4 heteroatoms. The average molecular weight is 195 g/mol. The van der Waals surface area contributed by atoms with Gasteiger partial charge in [-0.2, -0.15) is 0 Å². The number of rotatable bonds is 1. The molecular formula is C10H17N3O. The molecule has 3 fully saturated rings. The van der Waals surface area contributed by atoms with Gasteiger partial charge in [-0.1, -0.05) is 0 Å². The van der Waals surface area contributed by atoms with Crippen LogP contribution in [0.1, 0.15) is 12.8 Å². The summed E-state index contributed by atoms with van der Waals surface area (Å²) in [6.07, 6.45) is 2.60. The van der Waals surface area contributed by atoms with Gasteiger partial charge in [0.1, 0.15) is 0 Å². The summed E-state index contributed by atoms with van der Waals surface area (Å²) in [6, 6.07) is 1.16. The molecule has 0 aromatic heterocycles. The molecule has 78 valence electrons. The number of amides is 1. The minimum Gasteiger partial charge on any atom is -0.335 e. The normalized spacial score (nSPS) is 34.4. The van der Waals surface area contributed by atoms with E-state index in [1.54, 1.807) is 0 Å². The van der Waals surface area contributed by atoms with Crippen molar-refractivity contribution in [1.82, 2.24) is 15.1 Å². The molecule has 0 radical (unpaired) electrons. The summed E-state index contributed by atoms with van der Waals surface area (Å²) in [5.41, 5.74) is 0. The van der Waals surface area contributed by atoms with Gasteiger partial charge in [0, 0.05) is 32.2 Å². The summed E-state index contributed by atoms with van der Waals surface area (Å²) < 4.78 is 0. The second kappa shape index (κ2) is 3.21. The van der Waals surface area contributed by atoms with Crippen LogP contribution in [0.15, 0.2) is 0 Å². The molecule has 2 saturated heterocycles. The van der Waals surface area contributed by atoms with E-state index in [0.717, 1.165) is 32.2 Å². The molecule has 1 unspecified atom stereocenters. The van der Waals surface area contributed by atoms with Gasteiger partial charge in [0.05, 0.1) is 12.6 Å². The van der Waals surface area contributed by atoms with Crippen molar-refractivity contribution in [3.8, 4) is 0 Å². The maximum Gasteiger partial charge on any atom is 0.237 e. The standard InChI is InChI=1S/C10H17N3O/c14-10-7-12(8-1-2-8)6-9-5-11-3-4-13(9)10/h8-9,11H,1-7H2. The summed E-state index contributed by atoms with van der Waals surface area (Å²) in [5, 5.41) is 3.36. The molecule has 1 N–H and O–H groups in total. The monoisotopic (exact) mass is 195 g/mol. The highest BCUT2D eigenvalue weighted by Crippen LogP contribution is 2.29. The largest absolute Gasteiger partial charge is 0.335 e. The number of nitrogens with zero attached hydrogens (tertiary/aromatic N) is 2. The molecule has 1 aliphatic carbocycles. The van der Waals surface area contributed by atoms with Crippen molar-refractivity contribution >= 4 is 5.91 Å². The fraction of sp³-hybridized carbons (Fsp3) is 0.900. The Balaban J connectivity index is 1.71. The van der Waals surface area contributed by atoms with Crippen LogP contribution >= 0.6 is 0 Å². The molecule has 3 aliphatic rings. The van der Waals surface area contributed by atoms with Crippen molar-refractivity contribution in [2.75, 3.05) is 32.7 Å².